The summed E-state index contributed by atoms with van der Waals surface area (Å²) in [6, 6.07) is 12.1. The number of benzene rings is 1. The Labute approximate surface area is 99.1 Å². The van der Waals surface area contributed by atoms with Crippen molar-refractivity contribution in [1.82, 2.24) is 4.98 Å². The molecule has 0 fully saturated rings. The van der Waals surface area contributed by atoms with Crippen LogP contribution in [0.2, 0.25) is 0 Å². The van der Waals surface area contributed by atoms with Crippen LogP contribution in [0.4, 0.5) is 0 Å². The number of hydrogen-bond donors (Lipinski definition) is 1. The Kier molecular flexibility index (Phi) is 3.31. The van der Waals surface area contributed by atoms with Crippen LogP contribution >= 0.6 is 0 Å². The number of pyridine rings is 1. The van der Waals surface area contributed by atoms with Crippen LogP contribution in [0.3, 0.4) is 0 Å². The maximum absolute atomic E-state index is 11.7. The quantitative estimate of drug-likeness (QED) is 0.645. The molecule has 3 nitrogen and oxygen atoms in total. The fraction of sp³-hybridized carbons (Fsp3) is 0. The lowest BCUT2D eigenvalue weighted by Gasteiger charge is -1.96. The Morgan fingerprint density at radius 2 is 1.88 bits per heavy atom. The van der Waals surface area contributed by atoms with Crippen LogP contribution in [-0.4, -0.2) is 15.9 Å². The van der Waals surface area contributed by atoms with E-state index in [1.165, 1.54) is 18.2 Å². The lowest BCUT2D eigenvalue weighted by Crippen LogP contribution is -1.93. The first kappa shape index (κ1) is 11.1. The first-order chi connectivity index (χ1) is 8.27. The van der Waals surface area contributed by atoms with E-state index in [-0.39, 0.29) is 11.5 Å². The second-order valence-corrected chi connectivity index (χ2v) is 3.47. The SMILES string of the molecule is O=C(/C=C/c1ncccc1O)c1ccccc1. The van der Waals surface area contributed by atoms with Crippen molar-refractivity contribution in [3.8, 4) is 5.75 Å². The topological polar surface area (TPSA) is 50.2 Å². The second kappa shape index (κ2) is 5.07. The Balaban J connectivity index is 2.17. The normalized spacial score (nSPS) is 10.6. The molecule has 0 aliphatic heterocycles. The van der Waals surface area contributed by atoms with Gasteiger partial charge in [-0.2, -0.15) is 0 Å². The van der Waals surface area contributed by atoms with Gasteiger partial charge in [0.1, 0.15) is 11.4 Å². The highest BCUT2D eigenvalue weighted by molar-refractivity contribution is 6.06. The molecule has 0 radical (unpaired) electrons. The van der Waals surface area contributed by atoms with Crippen LogP contribution in [0, 0.1) is 0 Å². The van der Waals surface area contributed by atoms with E-state index in [1.54, 1.807) is 36.5 Å². The summed E-state index contributed by atoms with van der Waals surface area (Å²) in [6.45, 7) is 0. The fourth-order valence-corrected chi connectivity index (χ4v) is 1.39. The molecular formula is C14H11NO2. The average molecular weight is 225 g/mol. The number of ketones is 1. The van der Waals surface area contributed by atoms with Crippen molar-refractivity contribution < 1.29 is 9.90 Å². The first-order valence-electron chi connectivity index (χ1n) is 5.19. The third kappa shape index (κ3) is 2.78. The number of aromatic hydroxyl groups is 1. The van der Waals surface area contributed by atoms with Crippen molar-refractivity contribution in [2.45, 2.75) is 0 Å². The van der Waals surface area contributed by atoms with Gasteiger partial charge in [0.25, 0.3) is 0 Å². The molecule has 84 valence electrons. The first-order valence-corrected chi connectivity index (χ1v) is 5.19. The lowest BCUT2D eigenvalue weighted by atomic mass is 10.1. The number of hydrogen-bond acceptors (Lipinski definition) is 3. The number of nitrogens with zero attached hydrogens (tertiary/aromatic N) is 1. The van der Waals surface area contributed by atoms with Gasteiger partial charge in [0, 0.05) is 11.8 Å². The van der Waals surface area contributed by atoms with Gasteiger partial charge in [-0.15, -0.1) is 0 Å². The van der Waals surface area contributed by atoms with Crippen LogP contribution in [0.15, 0.2) is 54.7 Å². The van der Waals surface area contributed by atoms with Gasteiger partial charge in [-0.1, -0.05) is 30.3 Å². The van der Waals surface area contributed by atoms with E-state index in [1.807, 2.05) is 6.07 Å². The van der Waals surface area contributed by atoms with Crippen molar-refractivity contribution in [2.75, 3.05) is 0 Å². The van der Waals surface area contributed by atoms with E-state index in [0.717, 1.165) is 0 Å². The molecule has 2 rings (SSSR count). The highest BCUT2D eigenvalue weighted by Crippen LogP contribution is 2.14. The van der Waals surface area contributed by atoms with Crippen molar-refractivity contribution in [3.63, 3.8) is 0 Å². The van der Waals surface area contributed by atoms with Gasteiger partial charge in [0.2, 0.25) is 0 Å². The molecule has 0 spiro atoms. The van der Waals surface area contributed by atoms with Gasteiger partial charge in [-0.3, -0.25) is 9.78 Å². The highest BCUT2D eigenvalue weighted by atomic mass is 16.3. The fourth-order valence-electron chi connectivity index (χ4n) is 1.39. The lowest BCUT2D eigenvalue weighted by molar-refractivity contribution is 0.104. The summed E-state index contributed by atoms with van der Waals surface area (Å²) in [7, 11) is 0. The Hall–Kier alpha value is -2.42. The highest BCUT2D eigenvalue weighted by Gasteiger charge is 2.01. The maximum Gasteiger partial charge on any atom is 0.185 e. The smallest absolute Gasteiger partial charge is 0.185 e. The summed E-state index contributed by atoms with van der Waals surface area (Å²) < 4.78 is 0. The summed E-state index contributed by atoms with van der Waals surface area (Å²) in [5.41, 5.74) is 0.996. The van der Waals surface area contributed by atoms with E-state index >= 15 is 0 Å². The predicted molar refractivity (Wildman–Crippen MR) is 65.7 cm³/mol. The second-order valence-electron chi connectivity index (χ2n) is 3.47. The van der Waals surface area contributed by atoms with E-state index in [9.17, 15) is 9.90 Å². The van der Waals surface area contributed by atoms with Gasteiger partial charge in [-0.05, 0) is 24.3 Å². The molecule has 1 N–H and O–H groups in total. The number of aromatic nitrogens is 1. The molecule has 0 saturated carbocycles. The van der Waals surface area contributed by atoms with Gasteiger partial charge in [0.15, 0.2) is 5.78 Å². The predicted octanol–water partition coefficient (Wildman–Crippen LogP) is 2.68. The summed E-state index contributed by atoms with van der Waals surface area (Å²) in [5.74, 6) is -0.0553. The molecule has 0 unspecified atom stereocenters. The number of carbonyl (C=O) groups excluding carboxylic acids is 1. The Morgan fingerprint density at radius 3 is 2.59 bits per heavy atom. The molecule has 1 aromatic carbocycles. The molecule has 17 heavy (non-hydrogen) atoms. The minimum Gasteiger partial charge on any atom is -0.506 e. The molecule has 0 atom stereocenters. The molecule has 0 aliphatic rings. The van der Waals surface area contributed by atoms with E-state index in [0.29, 0.717) is 11.3 Å². The molecular weight excluding hydrogens is 214 g/mol. The monoisotopic (exact) mass is 225 g/mol. The molecule has 2 aromatic rings. The molecule has 0 bridgehead atoms. The van der Waals surface area contributed by atoms with Gasteiger partial charge in [0.05, 0.1) is 0 Å². The number of rotatable bonds is 3. The molecule has 1 aromatic heterocycles. The summed E-state index contributed by atoms with van der Waals surface area (Å²) in [5, 5.41) is 9.47. The molecule has 3 heteroatoms. The van der Waals surface area contributed by atoms with E-state index in [4.69, 9.17) is 0 Å². The van der Waals surface area contributed by atoms with Crippen LogP contribution in [0.5, 0.6) is 5.75 Å². The van der Waals surface area contributed by atoms with Crippen molar-refractivity contribution in [1.29, 1.82) is 0 Å². The van der Waals surface area contributed by atoms with E-state index < -0.39 is 0 Å². The van der Waals surface area contributed by atoms with Crippen LogP contribution in [0.25, 0.3) is 6.08 Å². The zero-order chi connectivity index (χ0) is 12.1. The Morgan fingerprint density at radius 1 is 1.12 bits per heavy atom. The summed E-state index contributed by atoms with van der Waals surface area (Å²) >= 11 is 0. The summed E-state index contributed by atoms with van der Waals surface area (Å²) in [4.78, 5) is 15.7. The zero-order valence-corrected chi connectivity index (χ0v) is 9.08. The molecule has 1 heterocycles. The van der Waals surface area contributed by atoms with E-state index in [2.05, 4.69) is 4.98 Å². The third-order valence-corrected chi connectivity index (χ3v) is 2.27. The number of allylic oxidation sites excluding steroid dienone is 1. The summed E-state index contributed by atoms with van der Waals surface area (Å²) in [6.07, 6.45) is 4.47. The number of carbonyl (C=O) groups is 1. The largest absolute Gasteiger partial charge is 0.506 e. The molecule has 0 amide bonds. The van der Waals surface area contributed by atoms with Gasteiger partial charge >= 0.3 is 0 Å². The third-order valence-electron chi connectivity index (χ3n) is 2.27. The Bertz CT molecular complexity index is 547. The van der Waals surface area contributed by atoms with Crippen LogP contribution in [-0.2, 0) is 0 Å². The van der Waals surface area contributed by atoms with Crippen LogP contribution < -0.4 is 0 Å². The van der Waals surface area contributed by atoms with Gasteiger partial charge < -0.3 is 5.11 Å². The minimum absolute atomic E-state index is 0.0598. The van der Waals surface area contributed by atoms with Crippen molar-refractivity contribution in [2.24, 2.45) is 0 Å². The molecule has 0 aliphatic carbocycles. The minimum atomic E-state index is -0.115. The van der Waals surface area contributed by atoms with Gasteiger partial charge in [-0.25, -0.2) is 0 Å². The standard InChI is InChI=1S/C14H11NO2/c16-13(11-5-2-1-3-6-11)9-8-12-14(17)7-4-10-15-12/h1-10,17H/b9-8+. The average Bonchev–Trinajstić information content (AvgIpc) is 2.38. The zero-order valence-electron chi connectivity index (χ0n) is 9.08. The molecule has 0 saturated heterocycles. The van der Waals surface area contributed by atoms with Crippen LogP contribution in [0.1, 0.15) is 16.1 Å². The van der Waals surface area contributed by atoms with Crippen molar-refractivity contribution >= 4 is 11.9 Å². The maximum atomic E-state index is 11.7. The van der Waals surface area contributed by atoms with Crippen molar-refractivity contribution in [3.05, 3.63) is 66.0 Å².